The number of amides is 1. The molecule has 6 nitrogen and oxygen atoms in total. The number of aryl methyl sites for hydroxylation is 1. The number of nitrogens with zero attached hydrogens (tertiary/aromatic N) is 2. The summed E-state index contributed by atoms with van der Waals surface area (Å²) in [6, 6.07) is 11.7. The number of pyridine rings is 1. The number of hydrogen-bond donors (Lipinski definition) is 1. The maximum absolute atomic E-state index is 12.4. The second kappa shape index (κ2) is 9.48. The molecule has 0 fully saturated rings. The molecule has 2 N–H and O–H groups in total. The smallest absolute Gasteiger partial charge is 0.251 e. The number of rotatable bonds is 9. The topological polar surface area (TPSA) is 79.4 Å². The third kappa shape index (κ3) is 4.17. The average molecular weight is 408 g/mol. The first kappa shape index (κ1) is 21.4. The van der Waals surface area contributed by atoms with Gasteiger partial charge in [0.25, 0.3) is 5.91 Å². The molecule has 0 aliphatic heterocycles. The summed E-state index contributed by atoms with van der Waals surface area (Å²) in [5, 5.41) is 0. The van der Waals surface area contributed by atoms with Crippen LogP contribution in [0.2, 0.25) is 0 Å². The number of methoxy groups -OCH3 is 2. The first-order valence-corrected chi connectivity index (χ1v) is 10.2. The number of nitrogens with two attached hydrogens (primary N) is 1. The van der Waals surface area contributed by atoms with E-state index in [1.54, 1.807) is 20.4 Å². The van der Waals surface area contributed by atoms with E-state index in [1.807, 2.05) is 43.3 Å². The van der Waals surface area contributed by atoms with Gasteiger partial charge < -0.3 is 19.8 Å². The van der Waals surface area contributed by atoms with E-state index < -0.39 is 5.91 Å². The summed E-state index contributed by atoms with van der Waals surface area (Å²) in [5.74, 6) is 0.994. The van der Waals surface area contributed by atoms with Crippen LogP contribution in [0.4, 0.5) is 0 Å². The molecule has 0 radical (unpaired) electrons. The highest BCUT2D eigenvalue weighted by molar-refractivity contribution is 6.01. The van der Waals surface area contributed by atoms with Crippen LogP contribution in [0.15, 0.2) is 42.6 Å². The molecule has 30 heavy (non-hydrogen) atoms. The van der Waals surface area contributed by atoms with Gasteiger partial charge in [-0.25, -0.2) is 0 Å². The van der Waals surface area contributed by atoms with Gasteiger partial charge in [-0.2, -0.15) is 0 Å². The fourth-order valence-electron chi connectivity index (χ4n) is 3.96. The van der Waals surface area contributed by atoms with E-state index >= 15 is 0 Å². The molecule has 2 heterocycles. The number of benzene rings is 1. The summed E-state index contributed by atoms with van der Waals surface area (Å²) < 4.78 is 13.0. The number of aromatic nitrogens is 2. The van der Waals surface area contributed by atoms with Gasteiger partial charge in [0.1, 0.15) is 0 Å². The minimum Gasteiger partial charge on any atom is -0.493 e. The normalized spacial score (nSPS) is 10.8. The fourth-order valence-corrected chi connectivity index (χ4v) is 3.96. The van der Waals surface area contributed by atoms with Crippen molar-refractivity contribution < 1.29 is 14.3 Å². The van der Waals surface area contributed by atoms with E-state index in [2.05, 4.69) is 16.5 Å². The molecule has 1 aromatic carbocycles. The van der Waals surface area contributed by atoms with Crippen molar-refractivity contribution in [3.05, 3.63) is 65.1 Å². The lowest BCUT2D eigenvalue weighted by Crippen LogP contribution is -2.14. The van der Waals surface area contributed by atoms with E-state index in [4.69, 9.17) is 15.2 Å². The highest BCUT2D eigenvalue weighted by atomic mass is 16.5. The van der Waals surface area contributed by atoms with Crippen molar-refractivity contribution in [2.45, 2.75) is 39.7 Å². The Morgan fingerprint density at radius 2 is 1.87 bits per heavy atom. The highest BCUT2D eigenvalue weighted by Gasteiger charge is 2.25. The highest BCUT2D eigenvalue weighted by Crippen LogP contribution is 2.33. The first-order valence-electron chi connectivity index (χ1n) is 10.2. The van der Waals surface area contributed by atoms with Crippen molar-refractivity contribution in [3.63, 3.8) is 0 Å². The van der Waals surface area contributed by atoms with Crippen LogP contribution in [0.3, 0.4) is 0 Å². The molecule has 0 aliphatic carbocycles. The maximum Gasteiger partial charge on any atom is 0.251 e. The molecule has 0 atom stereocenters. The largest absolute Gasteiger partial charge is 0.493 e. The van der Waals surface area contributed by atoms with Gasteiger partial charge in [-0.05, 0) is 49.6 Å². The molecule has 0 spiro atoms. The van der Waals surface area contributed by atoms with Gasteiger partial charge in [0.2, 0.25) is 0 Å². The first-order chi connectivity index (χ1) is 14.5. The molecular weight excluding hydrogens is 378 g/mol. The molecule has 0 saturated carbocycles. The predicted molar refractivity (Wildman–Crippen MR) is 118 cm³/mol. The van der Waals surface area contributed by atoms with Gasteiger partial charge in [0, 0.05) is 29.7 Å². The third-order valence-corrected chi connectivity index (χ3v) is 5.36. The summed E-state index contributed by atoms with van der Waals surface area (Å²) in [7, 11) is 3.26. The predicted octanol–water partition coefficient (Wildman–Crippen LogP) is 4.17. The summed E-state index contributed by atoms with van der Waals surface area (Å²) in [6.07, 6.45) is 4.32. The van der Waals surface area contributed by atoms with Crippen molar-refractivity contribution >= 4 is 5.91 Å². The molecule has 0 aliphatic rings. The lowest BCUT2D eigenvalue weighted by molar-refractivity contribution is 0.1000. The van der Waals surface area contributed by atoms with Crippen LogP contribution < -0.4 is 15.2 Å². The Labute approximate surface area is 177 Å². The molecule has 2 aromatic heterocycles. The molecule has 0 saturated heterocycles. The van der Waals surface area contributed by atoms with E-state index in [0.29, 0.717) is 17.1 Å². The van der Waals surface area contributed by atoms with Crippen LogP contribution in [0, 0.1) is 6.92 Å². The van der Waals surface area contributed by atoms with Crippen LogP contribution in [0.25, 0.3) is 11.3 Å². The zero-order valence-corrected chi connectivity index (χ0v) is 18.1. The average Bonchev–Trinajstić information content (AvgIpc) is 3.04. The Hall–Kier alpha value is -3.28. The minimum atomic E-state index is -0.421. The zero-order chi connectivity index (χ0) is 21.7. The number of primary amides is 1. The molecule has 3 rings (SSSR count). The lowest BCUT2D eigenvalue weighted by atomic mass is 10.0. The van der Waals surface area contributed by atoms with Crippen LogP contribution in [0.5, 0.6) is 11.5 Å². The number of hydrogen-bond acceptors (Lipinski definition) is 4. The van der Waals surface area contributed by atoms with E-state index in [-0.39, 0.29) is 0 Å². The van der Waals surface area contributed by atoms with E-state index in [1.165, 1.54) is 0 Å². The van der Waals surface area contributed by atoms with Gasteiger partial charge in [0.05, 0.1) is 25.5 Å². The Balaban J connectivity index is 2.03. The second-order valence-corrected chi connectivity index (χ2v) is 7.20. The quantitative estimate of drug-likeness (QED) is 0.577. The van der Waals surface area contributed by atoms with Gasteiger partial charge in [-0.3, -0.25) is 9.78 Å². The summed E-state index contributed by atoms with van der Waals surface area (Å²) >= 11 is 0. The van der Waals surface area contributed by atoms with Crippen LogP contribution in [-0.2, 0) is 19.4 Å². The molecular formula is C24H29N3O3. The van der Waals surface area contributed by atoms with E-state index in [0.717, 1.165) is 54.0 Å². The minimum absolute atomic E-state index is 0.421. The van der Waals surface area contributed by atoms with Crippen LogP contribution >= 0.6 is 0 Å². The number of ether oxygens (including phenoxy) is 2. The Bertz CT molecular complexity index is 1030. The molecule has 1 amide bonds. The number of carbonyl (C=O) groups is 1. The fraction of sp³-hybridized carbons (Fsp3) is 0.333. The van der Waals surface area contributed by atoms with Crippen molar-refractivity contribution in [3.8, 4) is 22.8 Å². The lowest BCUT2D eigenvalue weighted by Gasteiger charge is -2.14. The Kier molecular flexibility index (Phi) is 6.77. The van der Waals surface area contributed by atoms with Crippen LogP contribution in [0.1, 0.15) is 40.7 Å². The molecule has 158 valence electrons. The second-order valence-electron chi connectivity index (χ2n) is 7.20. The van der Waals surface area contributed by atoms with Crippen molar-refractivity contribution in [1.29, 1.82) is 0 Å². The van der Waals surface area contributed by atoms with Gasteiger partial charge in [0.15, 0.2) is 11.5 Å². The molecule has 0 bridgehead atoms. The Morgan fingerprint density at radius 3 is 2.47 bits per heavy atom. The monoisotopic (exact) mass is 407 g/mol. The standard InChI is InChI=1S/C24H29N3O3/c1-5-8-19-23(18-9-6-7-13-26-18)22(24(25)28)16(2)27(19)14-12-17-10-11-20(29-3)21(15-17)30-4/h6-7,9-11,13,15H,5,8,12,14H2,1-4H3,(H2,25,28). The van der Waals surface area contributed by atoms with Crippen molar-refractivity contribution in [2.75, 3.05) is 14.2 Å². The summed E-state index contributed by atoms with van der Waals surface area (Å²) in [5.41, 5.74) is 11.1. The maximum atomic E-state index is 12.4. The summed E-state index contributed by atoms with van der Waals surface area (Å²) in [4.78, 5) is 16.9. The molecule has 6 heteroatoms. The van der Waals surface area contributed by atoms with Crippen molar-refractivity contribution in [2.24, 2.45) is 5.73 Å². The van der Waals surface area contributed by atoms with E-state index in [9.17, 15) is 4.79 Å². The third-order valence-electron chi connectivity index (χ3n) is 5.36. The van der Waals surface area contributed by atoms with Crippen molar-refractivity contribution in [1.82, 2.24) is 9.55 Å². The van der Waals surface area contributed by atoms with Gasteiger partial charge in [-0.1, -0.05) is 25.5 Å². The molecule has 0 unspecified atom stereocenters. The molecule has 3 aromatic rings. The van der Waals surface area contributed by atoms with Gasteiger partial charge in [-0.15, -0.1) is 0 Å². The number of carbonyl (C=O) groups excluding carboxylic acids is 1. The van der Waals surface area contributed by atoms with Crippen LogP contribution in [-0.4, -0.2) is 29.7 Å². The zero-order valence-electron chi connectivity index (χ0n) is 18.1. The SMILES string of the molecule is CCCc1c(-c2ccccn2)c(C(N)=O)c(C)n1CCc1ccc(OC)c(OC)c1. The summed E-state index contributed by atoms with van der Waals surface area (Å²) in [6.45, 7) is 4.82. The van der Waals surface area contributed by atoms with Gasteiger partial charge >= 0.3 is 0 Å². The Morgan fingerprint density at radius 1 is 1.10 bits per heavy atom.